The van der Waals surface area contributed by atoms with Crippen molar-refractivity contribution in [2.75, 3.05) is 14.2 Å². The Labute approximate surface area is 128 Å². The molecule has 0 spiro atoms. The molecule has 0 heterocycles. The van der Waals surface area contributed by atoms with Crippen molar-refractivity contribution >= 4 is 11.9 Å². The molecular weight excluding hydrogens is 296 g/mol. The molecule has 0 aliphatic carbocycles. The second-order valence-electron chi connectivity index (χ2n) is 3.83. The fourth-order valence-corrected chi connectivity index (χ4v) is 1.27. The van der Waals surface area contributed by atoms with E-state index < -0.39 is 11.9 Å². The molecule has 126 valence electrons. The first-order valence-electron chi connectivity index (χ1n) is 6.07. The van der Waals surface area contributed by atoms with E-state index >= 15 is 0 Å². The molecule has 8 nitrogen and oxygen atoms in total. The highest BCUT2D eigenvalue weighted by Crippen LogP contribution is 2.28. The number of carbonyl (C=O) groups is 2. The standard InChI is InChI=1S/C10H14O4.2C2H4O2/c1-13-9-3-8(6-12)10(14-2)4-7(9)5-11;2*1-2(3)4/h3-4,11-12H,5-6H2,1-2H3;2*1H3,(H,3,4). The Kier molecular flexibility index (Phi) is 12.4. The van der Waals surface area contributed by atoms with Gasteiger partial charge in [0.25, 0.3) is 11.9 Å². The largest absolute Gasteiger partial charge is 0.496 e. The third-order valence-electron chi connectivity index (χ3n) is 2.02. The molecule has 4 N–H and O–H groups in total. The van der Waals surface area contributed by atoms with Crippen molar-refractivity contribution in [1.29, 1.82) is 0 Å². The van der Waals surface area contributed by atoms with E-state index in [1.807, 2.05) is 0 Å². The summed E-state index contributed by atoms with van der Waals surface area (Å²) < 4.78 is 10.1. The van der Waals surface area contributed by atoms with Gasteiger partial charge in [0, 0.05) is 25.0 Å². The predicted octanol–water partition coefficient (Wildman–Crippen LogP) is 0.870. The van der Waals surface area contributed by atoms with Crippen molar-refractivity contribution in [3.8, 4) is 11.5 Å². The molecule has 1 aromatic carbocycles. The highest BCUT2D eigenvalue weighted by molar-refractivity contribution is 5.63. The van der Waals surface area contributed by atoms with Gasteiger partial charge in [-0.2, -0.15) is 0 Å². The minimum atomic E-state index is -0.833. The molecule has 0 aliphatic heterocycles. The number of hydrogen-bond donors (Lipinski definition) is 4. The van der Waals surface area contributed by atoms with Crippen LogP contribution in [0.2, 0.25) is 0 Å². The van der Waals surface area contributed by atoms with Crippen molar-refractivity contribution in [3.63, 3.8) is 0 Å². The second-order valence-corrected chi connectivity index (χ2v) is 3.83. The van der Waals surface area contributed by atoms with Gasteiger partial charge in [0.15, 0.2) is 0 Å². The van der Waals surface area contributed by atoms with Crippen LogP contribution in [-0.2, 0) is 22.8 Å². The Bertz CT molecular complexity index is 392. The predicted molar refractivity (Wildman–Crippen MR) is 78.0 cm³/mol. The fourth-order valence-electron chi connectivity index (χ4n) is 1.27. The number of aliphatic carboxylic acids is 2. The van der Waals surface area contributed by atoms with Crippen LogP contribution in [0.15, 0.2) is 12.1 Å². The summed E-state index contributed by atoms with van der Waals surface area (Å²) in [6.07, 6.45) is 0. The average molecular weight is 318 g/mol. The lowest BCUT2D eigenvalue weighted by Crippen LogP contribution is -1.98. The van der Waals surface area contributed by atoms with Crippen molar-refractivity contribution in [1.82, 2.24) is 0 Å². The molecule has 0 atom stereocenters. The van der Waals surface area contributed by atoms with E-state index in [1.54, 1.807) is 12.1 Å². The molecule has 0 bridgehead atoms. The van der Waals surface area contributed by atoms with E-state index in [1.165, 1.54) is 14.2 Å². The molecule has 0 unspecified atom stereocenters. The highest BCUT2D eigenvalue weighted by Gasteiger charge is 2.09. The summed E-state index contributed by atoms with van der Waals surface area (Å²) in [5, 5.41) is 32.9. The van der Waals surface area contributed by atoms with Crippen molar-refractivity contribution < 1.29 is 39.5 Å². The summed E-state index contributed by atoms with van der Waals surface area (Å²) in [4.78, 5) is 18.0. The van der Waals surface area contributed by atoms with Crippen LogP contribution in [0.1, 0.15) is 25.0 Å². The van der Waals surface area contributed by atoms with E-state index in [4.69, 9.17) is 39.5 Å². The van der Waals surface area contributed by atoms with E-state index in [-0.39, 0.29) is 13.2 Å². The summed E-state index contributed by atoms with van der Waals surface area (Å²) in [6.45, 7) is 1.93. The number of rotatable bonds is 4. The Morgan fingerprint density at radius 3 is 1.23 bits per heavy atom. The topological polar surface area (TPSA) is 134 Å². The summed E-state index contributed by atoms with van der Waals surface area (Å²) in [5.74, 6) is -0.560. The van der Waals surface area contributed by atoms with E-state index in [9.17, 15) is 0 Å². The average Bonchev–Trinajstić information content (AvgIpc) is 2.44. The Balaban J connectivity index is 0. The van der Waals surface area contributed by atoms with Crippen LogP contribution in [0.5, 0.6) is 11.5 Å². The number of carboxylic acid groups (broad SMARTS) is 2. The fraction of sp³-hybridized carbons (Fsp3) is 0.429. The lowest BCUT2D eigenvalue weighted by Gasteiger charge is -2.12. The molecule has 0 fully saturated rings. The van der Waals surface area contributed by atoms with Crippen molar-refractivity contribution in [2.24, 2.45) is 0 Å². The van der Waals surface area contributed by atoms with Gasteiger partial charge in [-0.15, -0.1) is 0 Å². The molecule has 0 aliphatic rings. The molecule has 0 saturated carbocycles. The molecule has 0 saturated heterocycles. The zero-order valence-electron chi connectivity index (χ0n) is 13.0. The van der Waals surface area contributed by atoms with Gasteiger partial charge in [-0.05, 0) is 12.1 Å². The zero-order valence-corrected chi connectivity index (χ0v) is 13.0. The van der Waals surface area contributed by atoms with Gasteiger partial charge in [0.05, 0.1) is 27.4 Å². The van der Waals surface area contributed by atoms with Crippen LogP contribution < -0.4 is 9.47 Å². The maximum absolute atomic E-state index is 9.04. The van der Waals surface area contributed by atoms with E-state index in [2.05, 4.69) is 0 Å². The first kappa shape index (κ1) is 22.0. The highest BCUT2D eigenvalue weighted by atomic mass is 16.5. The zero-order chi connectivity index (χ0) is 17.7. The number of hydrogen-bond acceptors (Lipinski definition) is 6. The minimum absolute atomic E-state index is 0.120. The summed E-state index contributed by atoms with van der Waals surface area (Å²) in [5.41, 5.74) is 1.28. The van der Waals surface area contributed by atoms with Crippen molar-refractivity contribution in [2.45, 2.75) is 27.1 Å². The van der Waals surface area contributed by atoms with Crippen LogP contribution in [0.4, 0.5) is 0 Å². The molecule has 0 amide bonds. The molecular formula is C14H22O8. The van der Waals surface area contributed by atoms with Gasteiger partial charge >= 0.3 is 0 Å². The molecule has 1 rings (SSSR count). The number of aliphatic hydroxyl groups is 2. The molecule has 8 heteroatoms. The number of ether oxygens (including phenoxy) is 2. The monoisotopic (exact) mass is 318 g/mol. The van der Waals surface area contributed by atoms with E-state index in [0.29, 0.717) is 22.6 Å². The Morgan fingerprint density at radius 2 is 1.09 bits per heavy atom. The van der Waals surface area contributed by atoms with Crippen molar-refractivity contribution in [3.05, 3.63) is 23.3 Å². The Hall–Kier alpha value is -2.32. The second kappa shape index (κ2) is 12.4. The Morgan fingerprint density at radius 1 is 0.864 bits per heavy atom. The van der Waals surface area contributed by atoms with Gasteiger partial charge in [-0.3, -0.25) is 9.59 Å². The number of carboxylic acids is 2. The molecule has 0 radical (unpaired) electrons. The van der Waals surface area contributed by atoms with Gasteiger partial charge < -0.3 is 29.9 Å². The SMILES string of the molecule is CC(=O)O.CC(=O)O.COc1cc(CO)c(OC)cc1CO. The normalized spacial score (nSPS) is 8.64. The number of benzene rings is 1. The molecule has 0 aromatic heterocycles. The lowest BCUT2D eigenvalue weighted by atomic mass is 10.1. The van der Waals surface area contributed by atoms with Crippen LogP contribution in [0, 0.1) is 0 Å². The first-order valence-corrected chi connectivity index (χ1v) is 6.07. The van der Waals surface area contributed by atoms with Crippen LogP contribution in [0.25, 0.3) is 0 Å². The minimum Gasteiger partial charge on any atom is -0.496 e. The summed E-state index contributed by atoms with van der Waals surface area (Å²) in [7, 11) is 3.03. The number of methoxy groups -OCH3 is 2. The van der Waals surface area contributed by atoms with Gasteiger partial charge in [-0.25, -0.2) is 0 Å². The third-order valence-corrected chi connectivity index (χ3v) is 2.02. The lowest BCUT2D eigenvalue weighted by molar-refractivity contribution is -0.135. The van der Waals surface area contributed by atoms with Gasteiger partial charge in [0.2, 0.25) is 0 Å². The van der Waals surface area contributed by atoms with Crippen LogP contribution in [-0.4, -0.2) is 46.6 Å². The van der Waals surface area contributed by atoms with Gasteiger partial charge in [0.1, 0.15) is 11.5 Å². The summed E-state index contributed by atoms with van der Waals surface area (Å²) in [6, 6.07) is 3.31. The summed E-state index contributed by atoms with van der Waals surface area (Å²) >= 11 is 0. The maximum atomic E-state index is 9.04. The molecule has 1 aromatic rings. The smallest absolute Gasteiger partial charge is 0.300 e. The van der Waals surface area contributed by atoms with E-state index in [0.717, 1.165) is 13.8 Å². The van der Waals surface area contributed by atoms with Gasteiger partial charge in [-0.1, -0.05) is 0 Å². The van der Waals surface area contributed by atoms with Crippen LogP contribution >= 0.6 is 0 Å². The maximum Gasteiger partial charge on any atom is 0.300 e. The van der Waals surface area contributed by atoms with Crippen LogP contribution in [0.3, 0.4) is 0 Å². The third kappa shape index (κ3) is 10.5. The first-order chi connectivity index (χ1) is 10.2. The number of aliphatic hydroxyl groups excluding tert-OH is 2. The quantitative estimate of drug-likeness (QED) is 0.642. The molecule has 22 heavy (non-hydrogen) atoms.